The Morgan fingerprint density at radius 3 is 2.54 bits per heavy atom. The van der Waals surface area contributed by atoms with Gasteiger partial charge in [-0.2, -0.15) is 0 Å². The molecule has 2 aromatic rings. The van der Waals surface area contributed by atoms with Gasteiger partial charge in [0, 0.05) is 11.8 Å². The normalized spacial score (nSPS) is 25.0. The second-order valence-corrected chi connectivity index (χ2v) is 6.23. The van der Waals surface area contributed by atoms with E-state index in [1.807, 2.05) is 4.98 Å². The van der Waals surface area contributed by atoms with Crippen LogP contribution in [0, 0.1) is 11.8 Å². The van der Waals surface area contributed by atoms with E-state index in [0.29, 0.717) is 0 Å². The fraction of sp³-hybridized carbons (Fsp3) is 0.316. The average Bonchev–Trinajstić information content (AvgIpc) is 2.98. The number of hydrogen-bond donors (Lipinski definition) is 4. The molecule has 5 atom stereocenters. The molecular weight excluding hydrogens is 368 g/mol. The van der Waals surface area contributed by atoms with Crippen LogP contribution in [0.1, 0.15) is 29.1 Å². The molecule has 1 fully saturated rings. The molecule has 1 unspecified atom stereocenters. The zero-order valence-electron chi connectivity index (χ0n) is 14.8. The van der Waals surface area contributed by atoms with Crippen molar-refractivity contribution in [3.8, 4) is 11.8 Å². The van der Waals surface area contributed by atoms with Gasteiger partial charge in [0.2, 0.25) is 0 Å². The van der Waals surface area contributed by atoms with Crippen LogP contribution in [-0.4, -0.2) is 55.1 Å². The van der Waals surface area contributed by atoms with Gasteiger partial charge in [-0.3, -0.25) is 19.1 Å². The maximum atomic E-state index is 12.4. The van der Waals surface area contributed by atoms with Gasteiger partial charge in [0.25, 0.3) is 5.56 Å². The molecular formula is C19H18N2O7. The minimum Gasteiger partial charge on any atom is -0.387 e. The van der Waals surface area contributed by atoms with Gasteiger partial charge in [-0.25, -0.2) is 4.79 Å². The molecule has 0 amide bonds. The van der Waals surface area contributed by atoms with Crippen LogP contribution in [0.2, 0.25) is 0 Å². The number of Topliss-reactive ketones (excluding diaryl/α,β-unsaturated/α-hetero) is 1. The molecule has 0 saturated carbocycles. The fourth-order valence-corrected chi connectivity index (χ4v) is 3.00. The average molecular weight is 386 g/mol. The second-order valence-electron chi connectivity index (χ2n) is 6.23. The summed E-state index contributed by atoms with van der Waals surface area (Å²) in [5.74, 6) is 4.32. The number of carbonyl (C=O) groups is 1. The first-order valence-corrected chi connectivity index (χ1v) is 8.42. The molecule has 28 heavy (non-hydrogen) atoms. The number of ether oxygens (including phenoxy) is 1. The molecule has 0 radical (unpaired) electrons. The van der Waals surface area contributed by atoms with Gasteiger partial charge in [0.15, 0.2) is 12.0 Å². The summed E-state index contributed by atoms with van der Waals surface area (Å²) >= 11 is 0. The van der Waals surface area contributed by atoms with Crippen LogP contribution in [0.3, 0.4) is 0 Å². The summed E-state index contributed by atoms with van der Waals surface area (Å²) in [4.78, 5) is 38.3. The molecule has 4 N–H and O–H groups in total. The predicted molar refractivity (Wildman–Crippen MR) is 96.6 cm³/mol. The largest absolute Gasteiger partial charge is 0.387 e. The first kappa shape index (κ1) is 19.7. The maximum absolute atomic E-state index is 12.4. The number of rotatable bonds is 4. The Labute approximate surface area is 158 Å². The molecule has 1 aliphatic rings. The minimum absolute atomic E-state index is 0.0447. The number of aromatic amines is 1. The van der Waals surface area contributed by atoms with E-state index in [4.69, 9.17) is 4.74 Å². The monoisotopic (exact) mass is 386 g/mol. The van der Waals surface area contributed by atoms with E-state index in [1.165, 1.54) is 19.1 Å². The van der Waals surface area contributed by atoms with Crippen LogP contribution in [-0.2, 0) is 4.74 Å². The molecule has 0 spiro atoms. The van der Waals surface area contributed by atoms with Gasteiger partial charge in [0.05, 0.1) is 0 Å². The van der Waals surface area contributed by atoms with Gasteiger partial charge in [0.1, 0.15) is 30.0 Å². The van der Waals surface area contributed by atoms with E-state index in [0.717, 1.165) is 10.8 Å². The highest BCUT2D eigenvalue weighted by molar-refractivity contribution is 5.99. The molecule has 146 valence electrons. The summed E-state index contributed by atoms with van der Waals surface area (Å²) in [6.07, 6.45) is -6.87. The number of H-pyrrole nitrogens is 1. The van der Waals surface area contributed by atoms with Crippen LogP contribution in [0.5, 0.6) is 0 Å². The smallest absolute Gasteiger partial charge is 0.330 e. The zero-order valence-corrected chi connectivity index (χ0v) is 14.8. The Balaban J connectivity index is 1.91. The van der Waals surface area contributed by atoms with Crippen LogP contribution in [0.25, 0.3) is 0 Å². The molecule has 3 rings (SSSR count). The van der Waals surface area contributed by atoms with E-state index < -0.39 is 47.7 Å². The minimum atomic E-state index is -1.77. The Morgan fingerprint density at radius 2 is 1.89 bits per heavy atom. The van der Waals surface area contributed by atoms with Gasteiger partial charge in [-0.05, 0) is 6.92 Å². The second kappa shape index (κ2) is 7.92. The lowest BCUT2D eigenvalue weighted by atomic mass is 9.98. The van der Waals surface area contributed by atoms with E-state index in [9.17, 15) is 29.7 Å². The molecule has 0 bridgehead atoms. The number of aromatic nitrogens is 2. The molecule has 2 heterocycles. The Kier molecular flexibility index (Phi) is 5.58. The van der Waals surface area contributed by atoms with Crippen molar-refractivity contribution in [2.75, 3.05) is 0 Å². The SMILES string of the molecule is CC#Cc1cn([C@@H]2O[C@H](C(O)C(=O)c3ccccc3)[C@@H](O)[C@@H]2O)c(=O)[nH]c1=O. The zero-order chi connectivity index (χ0) is 20.4. The topological polar surface area (TPSA) is 142 Å². The lowest BCUT2D eigenvalue weighted by Crippen LogP contribution is -2.43. The summed E-state index contributed by atoms with van der Waals surface area (Å²) < 4.78 is 6.31. The standard InChI is InChI=1S/C19H18N2O7/c1-2-6-11-9-21(19(27)20-17(11)26)18-15(25)14(24)16(28-18)13(23)12(22)10-7-4-3-5-8-10/h3-5,7-9,13-16,18,23-25H,1H3,(H,20,26,27)/t13?,14-,15-,16+,18+/m0/s1. The van der Waals surface area contributed by atoms with Crippen molar-refractivity contribution < 1.29 is 24.9 Å². The van der Waals surface area contributed by atoms with Crippen molar-refractivity contribution in [3.63, 3.8) is 0 Å². The molecule has 1 saturated heterocycles. The number of benzene rings is 1. The lowest BCUT2D eigenvalue weighted by molar-refractivity contribution is -0.0753. The molecule has 9 heteroatoms. The molecule has 1 aliphatic heterocycles. The lowest BCUT2D eigenvalue weighted by Gasteiger charge is -2.20. The van der Waals surface area contributed by atoms with E-state index in [2.05, 4.69) is 11.8 Å². The third-order valence-electron chi connectivity index (χ3n) is 4.41. The van der Waals surface area contributed by atoms with Crippen molar-refractivity contribution in [2.24, 2.45) is 0 Å². The number of aliphatic hydroxyl groups is 3. The van der Waals surface area contributed by atoms with Crippen molar-refractivity contribution >= 4 is 5.78 Å². The summed E-state index contributed by atoms with van der Waals surface area (Å²) in [5, 5.41) is 30.9. The third kappa shape index (κ3) is 3.54. The van der Waals surface area contributed by atoms with Gasteiger partial charge in [-0.1, -0.05) is 36.3 Å². The van der Waals surface area contributed by atoms with Crippen LogP contribution < -0.4 is 11.2 Å². The van der Waals surface area contributed by atoms with Gasteiger partial charge in [-0.15, -0.1) is 5.92 Å². The quantitative estimate of drug-likeness (QED) is 0.381. The highest BCUT2D eigenvalue weighted by atomic mass is 16.6. The van der Waals surface area contributed by atoms with Crippen molar-refractivity contribution in [1.82, 2.24) is 9.55 Å². The Morgan fingerprint density at radius 1 is 1.21 bits per heavy atom. The van der Waals surface area contributed by atoms with Crippen LogP contribution in [0.15, 0.2) is 46.1 Å². The first-order chi connectivity index (χ1) is 13.3. The predicted octanol–water partition coefficient (Wildman–Crippen LogP) is -1.23. The Bertz CT molecular complexity index is 1050. The van der Waals surface area contributed by atoms with Crippen molar-refractivity contribution in [2.45, 2.75) is 37.6 Å². The molecule has 1 aromatic carbocycles. The highest BCUT2D eigenvalue weighted by Gasteiger charge is 2.49. The number of hydrogen-bond acceptors (Lipinski definition) is 7. The molecule has 1 aromatic heterocycles. The van der Waals surface area contributed by atoms with Gasteiger partial charge < -0.3 is 20.1 Å². The summed E-state index contributed by atoms with van der Waals surface area (Å²) in [5.41, 5.74) is -1.45. The molecule has 0 aliphatic carbocycles. The van der Waals surface area contributed by atoms with Crippen LogP contribution in [0.4, 0.5) is 0 Å². The highest BCUT2D eigenvalue weighted by Crippen LogP contribution is 2.31. The number of ketones is 1. The van der Waals surface area contributed by atoms with Crippen molar-refractivity contribution in [1.29, 1.82) is 0 Å². The number of nitrogens with one attached hydrogen (secondary N) is 1. The van der Waals surface area contributed by atoms with Crippen molar-refractivity contribution in [3.05, 3.63) is 68.5 Å². The summed E-state index contributed by atoms with van der Waals surface area (Å²) in [6, 6.07) is 7.90. The summed E-state index contributed by atoms with van der Waals surface area (Å²) in [6.45, 7) is 1.50. The number of nitrogens with zero attached hydrogens (tertiary/aromatic N) is 1. The number of carbonyl (C=O) groups excluding carboxylic acids is 1. The first-order valence-electron chi connectivity index (χ1n) is 8.42. The molecule has 9 nitrogen and oxygen atoms in total. The fourth-order valence-electron chi connectivity index (χ4n) is 3.00. The van der Waals surface area contributed by atoms with E-state index >= 15 is 0 Å². The third-order valence-corrected chi connectivity index (χ3v) is 4.41. The van der Waals surface area contributed by atoms with Gasteiger partial charge >= 0.3 is 5.69 Å². The van der Waals surface area contributed by atoms with E-state index in [1.54, 1.807) is 18.2 Å². The maximum Gasteiger partial charge on any atom is 0.330 e. The number of aliphatic hydroxyl groups excluding tert-OH is 3. The van der Waals surface area contributed by atoms with Crippen LogP contribution >= 0.6 is 0 Å². The van der Waals surface area contributed by atoms with E-state index in [-0.39, 0.29) is 11.1 Å². The summed E-state index contributed by atoms with van der Waals surface area (Å²) in [7, 11) is 0. The Hall–Kier alpha value is -3.03.